The average molecular weight is 454 g/mol. The minimum absolute atomic E-state index is 0.196. The number of rotatable bonds is 5. The van der Waals surface area contributed by atoms with Crippen LogP contribution in [0.3, 0.4) is 0 Å². The number of halogens is 1. The number of imide groups is 1. The molecule has 3 unspecified atom stereocenters. The lowest BCUT2D eigenvalue weighted by molar-refractivity contribution is -0.172. The molecule has 0 spiro atoms. The number of ether oxygens (including phenoxy) is 1. The van der Waals surface area contributed by atoms with E-state index in [1.165, 1.54) is 19.1 Å². The van der Waals surface area contributed by atoms with Gasteiger partial charge in [-0.3, -0.25) is 19.3 Å². The molecule has 0 saturated carbocycles. The Balaban J connectivity index is 1.95. The van der Waals surface area contributed by atoms with Crippen molar-refractivity contribution in [3.63, 3.8) is 0 Å². The van der Waals surface area contributed by atoms with Crippen LogP contribution in [0, 0.1) is 16.7 Å². The zero-order chi connectivity index (χ0) is 21.7. The van der Waals surface area contributed by atoms with E-state index >= 15 is 0 Å². The third-order valence-electron chi connectivity index (χ3n) is 5.31. The molecule has 1 fully saturated rings. The van der Waals surface area contributed by atoms with Crippen molar-refractivity contribution in [2.45, 2.75) is 22.5 Å². The first-order chi connectivity index (χ1) is 13.6. The van der Waals surface area contributed by atoms with Gasteiger partial charge in [-0.1, -0.05) is 23.7 Å². The topological polar surface area (TPSA) is 108 Å². The molecule has 1 aromatic carbocycles. The third kappa shape index (κ3) is 2.75. The molecule has 2 aliphatic rings. The fourth-order valence-electron chi connectivity index (χ4n) is 3.41. The number of fused-ring (bicyclic) bond motifs is 1. The summed E-state index contributed by atoms with van der Waals surface area (Å²) in [6.45, 7) is 1.08. The van der Waals surface area contributed by atoms with Crippen LogP contribution in [0.5, 0.6) is 0 Å². The van der Waals surface area contributed by atoms with Gasteiger partial charge in [-0.15, -0.1) is 0 Å². The summed E-state index contributed by atoms with van der Waals surface area (Å²) in [6, 6.07) is 6.96. The smallest absolute Gasteiger partial charge is 0.349 e. The number of β-lactam (4-membered cyclic amide) rings is 1. The number of carbonyl (C=O) groups excluding carboxylic acids is 4. The van der Waals surface area contributed by atoms with Crippen LogP contribution in [-0.2, 0) is 14.3 Å². The molecule has 3 rings (SSSR count). The first-order valence-corrected chi connectivity index (χ1v) is 9.80. The van der Waals surface area contributed by atoms with Gasteiger partial charge in [-0.05, 0) is 19.1 Å². The van der Waals surface area contributed by atoms with Crippen molar-refractivity contribution in [3.8, 4) is 6.07 Å². The fourth-order valence-corrected chi connectivity index (χ4v) is 4.43. The maximum Gasteiger partial charge on any atom is 0.349 e. The van der Waals surface area contributed by atoms with Gasteiger partial charge in [0.1, 0.15) is 11.5 Å². The van der Waals surface area contributed by atoms with Gasteiger partial charge in [0.05, 0.1) is 35.4 Å². The Kier molecular flexibility index (Phi) is 5.36. The highest BCUT2D eigenvalue weighted by atomic mass is 35.5. The summed E-state index contributed by atoms with van der Waals surface area (Å²) < 4.78 is 3.72. The Hall–Kier alpha value is -2.22. The second kappa shape index (κ2) is 7.23. The van der Waals surface area contributed by atoms with Gasteiger partial charge in [0.15, 0.2) is 0 Å². The van der Waals surface area contributed by atoms with E-state index in [9.17, 15) is 24.4 Å². The number of methoxy groups -OCH3 is 1. The summed E-state index contributed by atoms with van der Waals surface area (Å²) in [5, 5.41) is 9.67. The van der Waals surface area contributed by atoms with Crippen LogP contribution in [0.15, 0.2) is 24.3 Å². The summed E-state index contributed by atoms with van der Waals surface area (Å²) in [5.74, 6) is -3.02. The van der Waals surface area contributed by atoms with Gasteiger partial charge in [0, 0.05) is 0 Å². The van der Waals surface area contributed by atoms with E-state index < -0.39 is 44.7 Å². The van der Waals surface area contributed by atoms with Crippen molar-refractivity contribution < 1.29 is 23.9 Å². The minimum atomic E-state index is -2.25. The molecule has 2 aliphatic heterocycles. The van der Waals surface area contributed by atoms with E-state index in [1.54, 1.807) is 12.1 Å². The van der Waals surface area contributed by atoms with Crippen LogP contribution in [0.1, 0.15) is 27.6 Å². The first kappa shape index (κ1) is 21.5. The molecule has 29 heavy (non-hydrogen) atoms. The van der Waals surface area contributed by atoms with Gasteiger partial charge < -0.3 is 9.64 Å². The SMILES string of the molecule is COC(=O)C(Cl)(N1CC(N2C(=O)c3ccccc3C2=O)C1=O)C(C)(C#N)C(S)S. The van der Waals surface area contributed by atoms with Crippen LogP contribution >= 0.6 is 36.9 Å². The Morgan fingerprint density at radius 3 is 2.17 bits per heavy atom. The highest BCUT2D eigenvalue weighted by Crippen LogP contribution is 2.49. The normalized spacial score (nSPS) is 22.5. The molecule has 3 amide bonds. The number of hydrogen-bond acceptors (Lipinski definition) is 8. The number of nitrogens with zero attached hydrogens (tertiary/aromatic N) is 3. The van der Waals surface area contributed by atoms with Crippen LogP contribution in [0.25, 0.3) is 0 Å². The van der Waals surface area contributed by atoms with Crippen LogP contribution in [-0.4, -0.2) is 62.8 Å². The van der Waals surface area contributed by atoms with Crippen molar-refractivity contribution >= 4 is 60.5 Å². The predicted molar refractivity (Wildman–Crippen MR) is 109 cm³/mol. The van der Waals surface area contributed by atoms with E-state index in [0.29, 0.717) is 0 Å². The molecule has 0 aliphatic carbocycles. The van der Waals surface area contributed by atoms with Crippen LogP contribution in [0.2, 0.25) is 0 Å². The molecule has 1 aromatic rings. The highest BCUT2D eigenvalue weighted by molar-refractivity contribution is 7.99. The van der Waals surface area contributed by atoms with Crippen molar-refractivity contribution in [1.82, 2.24) is 9.80 Å². The van der Waals surface area contributed by atoms with Gasteiger partial charge in [0.2, 0.25) is 10.9 Å². The molecule has 2 heterocycles. The van der Waals surface area contributed by atoms with Gasteiger partial charge in [-0.2, -0.15) is 30.5 Å². The lowest BCUT2D eigenvalue weighted by Gasteiger charge is -2.53. The van der Waals surface area contributed by atoms with Gasteiger partial charge in [0.25, 0.3) is 11.8 Å². The zero-order valence-electron chi connectivity index (χ0n) is 15.3. The Morgan fingerprint density at radius 2 is 1.79 bits per heavy atom. The van der Waals surface area contributed by atoms with E-state index in [2.05, 4.69) is 25.3 Å². The maximum atomic E-state index is 13.0. The number of benzene rings is 1. The summed E-state index contributed by atoms with van der Waals surface area (Å²) in [6.07, 6.45) is 0. The molecule has 1 saturated heterocycles. The van der Waals surface area contributed by atoms with Gasteiger partial charge >= 0.3 is 5.97 Å². The van der Waals surface area contributed by atoms with Crippen LogP contribution in [0.4, 0.5) is 0 Å². The van der Waals surface area contributed by atoms with Crippen LogP contribution < -0.4 is 0 Å². The lowest BCUT2D eigenvalue weighted by Crippen LogP contribution is -2.75. The van der Waals surface area contributed by atoms with E-state index in [0.717, 1.165) is 16.9 Å². The number of amides is 3. The summed E-state index contributed by atoms with van der Waals surface area (Å²) in [4.78, 5) is 50.3. The molecular formula is C18H16ClN3O5S2. The standard InChI is InChI=1S/C18H16ClN3O5S2/c1-17(8-20,16(28)29)18(19,15(26)27-2)21-7-11(14(21)25)22-12(23)9-5-3-4-6-10(9)13(22)24/h3-6,11,16,28-29H,7H2,1-2H3. The Morgan fingerprint density at radius 1 is 1.28 bits per heavy atom. The number of likely N-dealkylation sites (tertiary alicyclic amines) is 1. The molecule has 0 aromatic heterocycles. The molecule has 3 atom stereocenters. The second-order valence-corrected chi connectivity index (χ2v) is 8.78. The molecule has 0 bridgehead atoms. The number of carbonyl (C=O) groups is 4. The lowest BCUT2D eigenvalue weighted by atomic mass is 9.81. The Bertz CT molecular complexity index is 945. The van der Waals surface area contributed by atoms with E-state index in [-0.39, 0.29) is 17.7 Å². The number of thiol groups is 2. The van der Waals surface area contributed by atoms with Crippen molar-refractivity contribution in [2.24, 2.45) is 5.41 Å². The largest absolute Gasteiger partial charge is 0.466 e. The quantitative estimate of drug-likeness (QED) is 0.132. The molecule has 11 heteroatoms. The summed E-state index contributed by atoms with van der Waals surface area (Å²) >= 11 is 14.8. The number of nitriles is 1. The van der Waals surface area contributed by atoms with E-state index in [4.69, 9.17) is 16.3 Å². The molecule has 0 N–H and O–H groups in total. The molecule has 8 nitrogen and oxygen atoms in total. The first-order valence-electron chi connectivity index (χ1n) is 8.39. The van der Waals surface area contributed by atoms with E-state index in [1.807, 2.05) is 6.07 Å². The van der Waals surface area contributed by atoms with Crippen molar-refractivity contribution in [2.75, 3.05) is 13.7 Å². The summed E-state index contributed by atoms with van der Waals surface area (Å²) in [5.41, 5.74) is -1.36. The number of alkyl halides is 1. The van der Waals surface area contributed by atoms with Crippen molar-refractivity contribution in [1.29, 1.82) is 5.26 Å². The fraction of sp³-hybridized carbons (Fsp3) is 0.389. The maximum absolute atomic E-state index is 13.0. The highest BCUT2D eigenvalue weighted by Gasteiger charge is 2.67. The molecular weight excluding hydrogens is 438 g/mol. The monoisotopic (exact) mass is 453 g/mol. The predicted octanol–water partition coefficient (Wildman–Crippen LogP) is 1.32. The zero-order valence-corrected chi connectivity index (χ0v) is 17.9. The number of hydrogen-bond donors (Lipinski definition) is 2. The Labute approximate surface area is 182 Å². The number of esters is 1. The minimum Gasteiger partial charge on any atom is -0.466 e. The third-order valence-corrected chi connectivity index (χ3v) is 7.09. The van der Waals surface area contributed by atoms with Gasteiger partial charge in [-0.25, -0.2) is 4.79 Å². The van der Waals surface area contributed by atoms with Crippen molar-refractivity contribution in [3.05, 3.63) is 35.4 Å². The summed E-state index contributed by atoms with van der Waals surface area (Å²) in [7, 11) is 1.06. The molecule has 0 radical (unpaired) electrons. The second-order valence-electron chi connectivity index (χ2n) is 6.79. The average Bonchev–Trinajstić information content (AvgIpc) is 2.96. The molecule has 152 valence electrons.